The third-order valence-electron chi connectivity index (χ3n) is 1.10. The molecule has 1 atom stereocenters. The Morgan fingerprint density at radius 3 is 2.40 bits per heavy atom. The van der Waals surface area contributed by atoms with Gasteiger partial charge in [-0.2, -0.15) is 0 Å². The molecule has 0 aromatic heterocycles. The van der Waals surface area contributed by atoms with Crippen LogP contribution in [-0.2, 0) is 0 Å². The van der Waals surface area contributed by atoms with Gasteiger partial charge >= 0.3 is 0 Å². The predicted molar refractivity (Wildman–Crippen MR) is 37.3 cm³/mol. The third-order valence-corrected chi connectivity index (χ3v) is 1.10. The van der Waals surface area contributed by atoms with Crippen LogP contribution < -0.4 is 5.32 Å². The Labute approximate surface area is 60.5 Å². The van der Waals surface area contributed by atoms with Crippen LogP contribution in [0.3, 0.4) is 0 Å². The molecule has 0 aliphatic rings. The molecular formula is C6H14NO3. The summed E-state index contributed by atoms with van der Waals surface area (Å²) in [6.07, 6.45) is 1.54. The van der Waals surface area contributed by atoms with Crippen molar-refractivity contribution >= 4 is 0 Å². The van der Waals surface area contributed by atoms with Crippen LogP contribution in [0.1, 0.15) is 0 Å². The van der Waals surface area contributed by atoms with Crippen molar-refractivity contribution in [2.45, 2.75) is 6.04 Å². The number of nitrogens with one attached hydrogen (secondary N) is 1. The van der Waals surface area contributed by atoms with Crippen LogP contribution in [0.4, 0.5) is 0 Å². The summed E-state index contributed by atoms with van der Waals surface area (Å²) in [6.45, 7) is 0.349. The lowest BCUT2D eigenvalue weighted by molar-refractivity contribution is 0.223. The Morgan fingerprint density at radius 1 is 1.30 bits per heavy atom. The largest absolute Gasteiger partial charge is 0.396 e. The highest BCUT2D eigenvalue weighted by molar-refractivity contribution is 4.80. The van der Waals surface area contributed by atoms with Crippen LogP contribution >= 0.6 is 0 Å². The fraction of sp³-hybridized carbons (Fsp3) is 0.833. The van der Waals surface area contributed by atoms with E-state index in [0.29, 0.717) is 6.54 Å². The quantitative estimate of drug-likeness (QED) is 0.356. The van der Waals surface area contributed by atoms with E-state index in [4.69, 9.17) is 15.3 Å². The zero-order valence-corrected chi connectivity index (χ0v) is 5.82. The van der Waals surface area contributed by atoms with Gasteiger partial charge in [-0.15, -0.1) is 0 Å². The first kappa shape index (κ1) is 9.84. The van der Waals surface area contributed by atoms with Gasteiger partial charge in [0.1, 0.15) is 0 Å². The van der Waals surface area contributed by atoms with Crippen molar-refractivity contribution < 1.29 is 15.3 Å². The molecule has 0 bridgehead atoms. The van der Waals surface area contributed by atoms with E-state index in [2.05, 4.69) is 5.32 Å². The molecule has 10 heavy (non-hydrogen) atoms. The van der Waals surface area contributed by atoms with Gasteiger partial charge in [-0.25, -0.2) is 0 Å². The van der Waals surface area contributed by atoms with Crippen LogP contribution in [-0.4, -0.2) is 47.7 Å². The van der Waals surface area contributed by atoms with Gasteiger partial charge in [0, 0.05) is 25.6 Å². The van der Waals surface area contributed by atoms with Gasteiger partial charge in [-0.3, -0.25) is 0 Å². The smallest absolute Gasteiger partial charge is 0.0588 e. The Morgan fingerprint density at radius 2 is 2.00 bits per heavy atom. The van der Waals surface area contributed by atoms with Crippen molar-refractivity contribution in [3.05, 3.63) is 6.42 Å². The molecule has 0 fully saturated rings. The van der Waals surface area contributed by atoms with Gasteiger partial charge in [0.05, 0.1) is 13.2 Å². The van der Waals surface area contributed by atoms with Crippen LogP contribution in [0.15, 0.2) is 0 Å². The topological polar surface area (TPSA) is 72.7 Å². The van der Waals surface area contributed by atoms with Crippen molar-refractivity contribution in [1.29, 1.82) is 0 Å². The van der Waals surface area contributed by atoms with E-state index in [1.54, 1.807) is 0 Å². The standard InChI is InChI=1S/C6H14NO3/c8-3-1-6(5-10)7-2-4-9/h1,6-10H,2-5H2. The molecule has 0 aliphatic heterocycles. The molecule has 4 nitrogen and oxygen atoms in total. The van der Waals surface area contributed by atoms with Gasteiger partial charge in [-0.1, -0.05) is 0 Å². The van der Waals surface area contributed by atoms with E-state index in [1.165, 1.54) is 6.42 Å². The average Bonchev–Trinajstić information content (AvgIpc) is 1.98. The molecule has 61 valence electrons. The summed E-state index contributed by atoms with van der Waals surface area (Å²) < 4.78 is 0. The van der Waals surface area contributed by atoms with Gasteiger partial charge in [0.2, 0.25) is 0 Å². The van der Waals surface area contributed by atoms with Crippen molar-refractivity contribution in [1.82, 2.24) is 5.32 Å². The lowest BCUT2D eigenvalue weighted by atomic mass is 10.2. The minimum absolute atomic E-state index is 0.0375. The first-order chi connectivity index (χ1) is 4.85. The molecule has 4 heteroatoms. The normalized spacial score (nSPS) is 13.5. The van der Waals surface area contributed by atoms with Gasteiger partial charge in [0.25, 0.3) is 0 Å². The molecule has 1 radical (unpaired) electrons. The van der Waals surface area contributed by atoms with E-state index in [-0.39, 0.29) is 25.9 Å². The molecule has 0 saturated carbocycles. The van der Waals surface area contributed by atoms with E-state index in [1.807, 2.05) is 0 Å². The molecule has 0 rings (SSSR count). The zero-order chi connectivity index (χ0) is 7.82. The van der Waals surface area contributed by atoms with E-state index in [9.17, 15) is 0 Å². The number of hydrogen-bond donors (Lipinski definition) is 4. The molecule has 0 amide bonds. The molecule has 0 aromatic carbocycles. The molecule has 0 aromatic rings. The van der Waals surface area contributed by atoms with Crippen molar-refractivity contribution in [2.75, 3.05) is 26.4 Å². The van der Waals surface area contributed by atoms with E-state index < -0.39 is 0 Å². The maximum atomic E-state index is 8.60. The van der Waals surface area contributed by atoms with Gasteiger partial charge in [-0.05, 0) is 0 Å². The summed E-state index contributed by atoms with van der Waals surface area (Å²) >= 11 is 0. The predicted octanol–water partition coefficient (Wildman–Crippen LogP) is -1.87. The Bertz CT molecular complexity index is 70.0. The lowest BCUT2D eigenvalue weighted by Gasteiger charge is -2.12. The van der Waals surface area contributed by atoms with Crippen LogP contribution in [0, 0.1) is 6.42 Å². The first-order valence-electron chi connectivity index (χ1n) is 3.24. The molecule has 1 unspecified atom stereocenters. The van der Waals surface area contributed by atoms with E-state index in [0.717, 1.165) is 0 Å². The molecule has 0 saturated heterocycles. The minimum atomic E-state index is -0.211. The van der Waals surface area contributed by atoms with Crippen LogP contribution in [0.25, 0.3) is 0 Å². The fourth-order valence-corrected chi connectivity index (χ4v) is 0.600. The third kappa shape index (κ3) is 4.69. The van der Waals surface area contributed by atoms with E-state index >= 15 is 0 Å². The van der Waals surface area contributed by atoms with Crippen LogP contribution in [0.5, 0.6) is 0 Å². The average molecular weight is 148 g/mol. The second-order valence-corrected chi connectivity index (χ2v) is 1.89. The summed E-state index contributed by atoms with van der Waals surface area (Å²) in [5.41, 5.74) is 0. The van der Waals surface area contributed by atoms with Gasteiger partial charge in [0.15, 0.2) is 0 Å². The molecule has 0 aliphatic carbocycles. The first-order valence-corrected chi connectivity index (χ1v) is 3.24. The monoisotopic (exact) mass is 148 g/mol. The molecule has 0 heterocycles. The highest BCUT2D eigenvalue weighted by atomic mass is 16.3. The maximum absolute atomic E-state index is 8.60. The van der Waals surface area contributed by atoms with Crippen molar-refractivity contribution in [2.24, 2.45) is 0 Å². The highest BCUT2D eigenvalue weighted by Crippen LogP contribution is 1.85. The molecular weight excluding hydrogens is 134 g/mol. The van der Waals surface area contributed by atoms with Crippen LogP contribution in [0.2, 0.25) is 0 Å². The summed E-state index contributed by atoms with van der Waals surface area (Å²) in [5.74, 6) is 0. The van der Waals surface area contributed by atoms with Gasteiger partial charge < -0.3 is 20.6 Å². The summed E-state index contributed by atoms with van der Waals surface area (Å²) in [7, 11) is 0. The summed E-state index contributed by atoms with van der Waals surface area (Å²) in [5, 5.41) is 28.2. The molecule has 4 N–H and O–H groups in total. The Hall–Kier alpha value is -0.160. The summed E-state index contributed by atoms with van der Waals surface area (Å²) in [4.78, 5) is 0. The number of aliphatic hydroxyl groups excluding tert-OH is 3. The summed E-state index contributed by atoms with van der Waals surface area (Å²) in [6, 6.07) is -0.211. The zero-order valence-electron chi connectivity index (χ0n) is 5.82. The second-order valence-electron chi connectivity index (χ2n) is 1.89. The second kappa shape index (κ2) is 6.95. The minimum Gasteiger partial charge on any atom is -0.396 e. The SMILES string of the molecule is OC[CH]C(CO)NCCO. The highest BCUT2D eigenvalue weighted by Gasteiger charge is 2.03. The number of aliphatic hydroxyl groups is 3. The number of hydrogen-bond acceptors (Lipinski definition) is 4. The molecule has 0 spiro atoms. The van der Waals surface area contributed by atoms with Crippen molar-refractivity contribution in [3.8, 4) is 0 Å². The Balaban J connectivity index is 3.21. The van der Waals surface area contributed by atoms with Crippen molar-refractivity contribution in [3.63, 3.8) is 0 Å². The maximum Gasteiger partial charge on any atom is 0.0588 e. The lowest BCUT2D eigenvalue weighted by Crippen LogP contribution is -2.35. The fourth-order valence-electron chi connectivity index (χ4n) is 0.600. The number of rotatable bonds is 6. The Kier molecular flexibility index (Phi) is 6.84.